The van der Waals surface area contributed by atoms with E-state index in [0.29, 0.717) is 22.9 Å². The zero-order valence-corrected chi connectivity index (χ0v) is 16.4. The SMILES string of the molecule is Cc1ccc(-n2nc(C(C)(C)C)cc2OC(=O)c2ccc3c(c2)OCO3)cc1. The lowest BCUT2D eigenvalue weighted by Crippen LogP contribution is -2.13. The Labute approximate surface area is 163 Å². The summed E-state index contributed by atoms with van der Waals surface area (Å²) in [5.41, 5.74) is 3.01. The van der Waals surface area contributed by atoms with Crippen molar-refractivity contribution >= 4 is 5.97 Å². The van der Waals surface area contributed by atoms with Gasteiger partial charge < -0.3 is 14.2 Å². The monoisotopic (exact) mass is 378 g/mol. The van der Waals surface area contributed by atoms with Crippen LogP contribution in [0.4, 0.5) is 0 Å². The van der Waals surface area contributed by atoms with Gasteiger partial charge in [-0.15, -0.1) is 0 Å². The summed E-state index contributed by atoms with van der Waals surface area (Å²) in [5, 5.41) is 4.68. The molecule has 0 unspecified atom stereocenters. The largest absolute Gasteiger partial charge is 0.454 e. The molecule has 1 aliphatic heterocycles. The summed E-state index contributed by atoms with van der Waals surface area (Å²) in [5.74, 6) is 1.05. The Kier molecular flexibility index (Phi) is 4.34. The normalized spacial score (nSPS) is 12.9. The lowest BCUT2D eigenvalue weighted by molar-refractivity contribution is 0.0722. The van der Waals surface area contributed by atoms with Gasteiger partial charge in [-0.05, 0) is 37.3 Å². The maximum absolute atomic E-state index is 12.8. The molecule has 0 saturated heterocycles. The first-order valence-electron chi connectivity index (χ1n) is 9.11. The van der Waals surface area contributed by atoms with Crippen molar-refractivity contribution in [1.82, 2.24) is 9.78 Å². The molecule has 6 nitrogen and oxygen atoms in total. The summed E-state index contributed by atoms with van der Waals surface area (Å²) in [6.45, 7) is 8.38. The summed E-state index contributed by atoms with van der Waals surface area (Å²) in [6.07, 6.45) is 0. The molecule has 0 spiro atoms. The van der Waals surface area contributed by atoms with Gasteiger partial charge in [0.15, 0.2) is 11.5 Å². The standard InChI is InChI=1S/C22H22N2O4/c1-14-5-8-16(9-6-14)24-20(12-19(23-24)22(2,3)4)28-21(25)15-7-10-17-18(11-15)27-13-26-17/h5-12H,13H2,1-4H3. The molecule has 0 aliphatic carbocycles. The van der Waals surface area contributed by atoms with Gasteiger partial charge >= 0.3 is 5.97 Å². The van der Waals surface area contributed by atoms with Crippen molar-refractivity contribution in [3.05, 3.63) is 65.4 Å². The molecule has 2 heterocycles. The summed E-state index contributed by atoms with van der Waals surface area (Å²) >= 11 is 0. The van der Waals surface area contributed by atoms with Crippen molar-refractivity contribution in [2.24, 2.45) is 0 Å². The van der Waals surface area contributed by atoms with E-state index in [-0.39, 0.29) is 12.2 Å². The second-order valence-electron chi connectivity index (χ2n) is 7.82. The third-order valence-electron chi connectivity index (χ3n) is 4.53. The number of aromatic nitrogens is 2. The third-order valence-corrected chi connectivity index (χ3v) is 4.53. The Bertz CT molecular complexity index is 1030. The van der Waals surface area contributed by atoms with Crippen LogP contribution < -0.4 is 14.2 Å². The number of nitrogens with zero attached hydrogens (tertiary/aromatic N) is 2. The van der Waals surface area contributed by atoms with Crippen molar-refractivity contribution in [3.8, 4) is 23.1 Å². The Morgan fingerprint density at radius 3 is 2.46 bits per heavy atom. The van der Waals surface area contributed by atoms with Crippen molar-refractivity contribution < 1.29 is 19.0 Å². The lowest BCUT2D eigenvalue weighted by atomic mass is 9.93. The van der Waals surface area contributed by atoms with E-state index >= 15 is 0 Å². The molecule has 0 amide bonds. The lowest BCUT2D eigenvalue weighted by Gasteiger charge is -2.13. The Balaban J connectivity index is 1.69. The molecule has 3 aromatic rings. The zero-order chi connectivity index (χ0) is 19.9. The summed E-state index contributed by atoms with van der Waals surface area (Å²) < 4.78 is 18.0. The quantitative estimate of drug-likeness (QED) is 0.631. The second kappa shape index (κ2) is 6.71. The fourth-order valence-corrected chi connectivity index (χ4v) is 2.85. The van der Waals surface area contributed by atoms with E-state index in [2.05, 4.69) is 25.9 Å². The van der Waals surface area contributed by atoms with Crippen molar-refractivity contribution in [3.63, 3.8) is 0 Å². The van der Waals surface area contributed by atoms with Crippen molar-refractivity contribution in [1.29, 1.82) is 0 Å². The molecule has 6 heteroatoms. The number of benzene rings is 2. The molecule has 4 rings (SSSR count). The van der Waals surface area contributed by atoms with Crippen LogP contribution in [0, 0.1) is 6.92 Å². The average molecular weight is 378 g/mol. The predicted octanol–water partition coefficient (Wildman–Crippen LogP) is 4.43. The van der Waals surface area contributed by atoms with Crippen LogP contribution in [-0.2, 0) is 5.41 Å². The number of rotatable bonds is 3. The first kappa shape index (κ1) is 18.1. The highest BCUT2D eigenvalue weighted by Crippen LogP contribution is 2.33. The second-order valence-corrected chi connectivity index (χ2v) is 7.82. The van der Waals surface area contributed by atoms with Crippen LogP contribution in [-0.4, -0.2) is 22.5 Å². The van der Waals surface area contributed by atoms with Crippen molar-refractivity contribution in [2.45, 2.75) is 33.1 Å². The minimum atomic E-state index is -0.480. The number of hydrogen-bond acceptors (Lipinski definition) is 5. The van der Waals surface area contributed by atoms with E-state index in [4.69, 9.17) is 14.2 Å². The predicted molar refractivity (Wildman–Crippen MR) is 105 cm³/mol. The van der Waals surface area contributed by atoms with Gasteiger partial charge in [-0.3, -0.25) is 0 Å². The number of ether oxygens (including phenoxy) is 3. The first-order valence-corrected chi connectivity index (χ1v) is 9.11. The van der Waals surface area contributed by atoms with Gasteiger partial charge in [-0.25, -0.2) is 9.48 Å². The fourth-order valence-electron chi connectivity index (χ4n) is 2.85. The van der Waals surface area contributed by atoms with E-state index in [9.17, 15) is 4.79 Å². The van der Waals surface area contributed by atoms with Gasteiger partial charge in [-0.1, -0.05) is 38.5 Å². The molecule has 0 saturated carbocycles. The van der Waals surface area contributed by atoms with E-state index < -0.39 is 5.97 Å². The number of aryl methyl sites for hydroxylation is 1. The van der Waals surface area contributed by atoms with Gasteiger partial charge in [0, 0.05) is 11.5 Å². The number of hydrogen-bond donors (Lipinski definition) is 0. The average Bonchev–Trinajstić information content (AvgIpc) is 3.28. The number of carbonyl (C=O) groups is 1. The summed E-state index contributed by atoms with van der Waals surface area (Å²) in [4.78, 5) is 12.8. The third kappa shape index (κ3) is 3.45. The summed E-state index contributed by atoms with van der Waals surface area (Å²) in [7, 11) is 0. The minimum absolute atomic E-state index is 0.156. The van der Waals surface area contributed by atoms with Crippen molar-refractivity contribution in [2.75, 3.05) is 6.79 Å². The van der Waals surface area contributed by atoms with E-state index in [1.807, 2.05) is 37.3 Å². The molecule has 0 atom stereocenters. The van der Waals surface area contributed by atoms with Gasteiger partial charge in [0.25, 0.3) is 0 Å². The molecule has 1 aromatic heterocycles. The van der Waals surface area contributed by atoms with Gasteiger partial charge in [0.05, 0.1) is 16.9 Å². The smallest absolute Gasteiger partial charge is 0.344 e. The van der Waals surface area contributed by atoms with Crippen LogP contribution >= 0.6 is 0 Å². The van der Waals surface area contributed by atoms with E-state index in [0.717, 1.165) is 16.9 Å². The van der Waals surface area contributed by atoms with Gasteiger partial charge in [-0.2, -0.15) is 5.10 Å². The maximum atomic E-state index is 12.8. The van der Waals surface area contributed by atoms with Crippen LogP contribution in [0.2, 0.25) is 0 Å². The molecule has 1 aliphatic rings. The molecule has 0 bridgehead atoms. The fraction of sp³-hybridized carbons (Fsp3) is 0.273. The van der Waals surface area contributed by atoms with Crippen LogP contribution in [0.3, 0.4) is 0 Å². The zero-order valence-electron chi connectivity index (χ0n) is 16.4. The minimum Gasteiger partial charge on any atom is -0.454 e. The molecule has 28 heavy (non-hydrogen) atoms. The highest BCUT2D eigenvalue weighted by atomic mass is 16.7. The van der Waals surface area contributed by atoms with Gasteiger partial charge in [0.1, 0.15) is 0 Å². The Morgan fingerprint density at radius 2 is 1.75 bits per heavy atom. The Hall–Kier alpha value is -3.28. The van der Waals surface area contributed by atoms with Crippen LogP contribution in [0.1, 0.15) is 42.4 Å². The molecule has 144 valence electrons. The van der Waals surface area contributed by atoms with E-state index in [1.54, 1.807) is 22.9 Å². The molecular weight excluding hydrogens is 356 g/mol. The maximum Gasteiger partial charge on any atom is 0.344 e. The molecule has 0 radical (unpaired) electrons. The van der Waals surface area contributed by atoms with Crippen LogP contribution in [0.15, 0.2) is 48.5 Å². The highest BCUT2D eigenvalue weighted by Gasteiger charge is 2.24. The molecular formula is C22H22N2O4. The summed E-state index contributed by atoms with van der Waals surface area (Å²) in [6, 6.07) is 14.7. The topological polar surface area (TPSA) is 62.6 Å². The molecule has 0 fully saturated rings. The Morgan fingerprint density at radius 1 is 1.04 bits per heavy atom. The number of fused-ring (bicyclic) bond motifs is 1. The molecule has 2 aromatic carbocycles. The first-order chi connectivity index (χ1) is 13.3. The van der Waals surface area contributed by atoms with E-state index in [1.165, 1.54) is 0 Å². The number of esters is 1. The molecule has 0 N–H and O–H groups in total. The van der Waals surface area contributed by atoms with Crippen LogP contribution in [0.5, 0.6) is 17.4 Å². The highest BCUT2D eigenvalue weighted by molar-refractivity contribution is 5.91. The van der Waals surface area contributed by atoms with Crippen LogP contribution in [0.25, 0.3) is 5.69 Å². The number of carbonyl (C=O) groups excluding carboxylic acids is 1. The van der Waals surface area contributed by atoms with Gasteiger partial charge in [0.2, 0.25) is 12.7 Å².